The van der Waals surface area contributed by atoms with Crippen LogP contribution in [-0.2, 0) is 0 Å². The summed E-state index contributed by atoms with van der Waals surface area (Å²) in [6.07, 6.45) is 3.38. The Morgan fingerprint density at radius 1 is 1.10 bits per heavy atom. The van der Waals surface area contributed by atoms with E-state index in [2.05, 4.69) is 31.2 Å². The molecule has 0 unspecified atom stereocenters. The quantitative estimate of drug-likeness (QED) is 0.743. The number of hydrogen-bond donors (Lipinski definition) is 1. The fourth-order valence-corrected chi connectivity index (χ4v) is 3.22. The van der Waals surface area contributed by atoms with Gasteiger partial charge in [0, 0.05) is 20.9 Å². The van der Waals surface area contributed by atoms with Crippen molar-refractivity contribution in [1.82, 2.24) is 0 Å². The smallest absolute Gasteiger partial charge is 0.0406 e. The average molecular weight is 306 g/mol. The number of benzene rings is 2. The van der Waals surface area contributed by atoms with Gasteiger partial charge in [0.15, 0.2) is 0 Å². The molecule has 106 valence electrons. The highest BCUT2D eigenvalue weighted by atomic mass is 35.5. The Bertz CT molecular complexity index is 539. The van der Waals surface area contributed by atoms with Crippen LogP contribution in [0.4, 0.5) is 0 Å². The van der Waals surface area contributed by atoms with E-state index < -0.39 is 0 Å². The van der Waals surface area contributed by atoms with E-state index in [1.165, 1.54) is 28.2 Å². The molecule has 0 saturated carbocycles. The SMILES string of the molecule is CCCC[C@@H](N)c1ccccc1Sc1ccc(Cl)cc1. The van der Waals surface area contributed by atoms with Crippen LogP contribution in [0.15, 0.2) is 58.3 Å². The van der Waals surface area contributed by atoms with Gasteiger partial charge in [0.25, 0.3) is 0 Å². The molecular formula is C17H20ClNS. The summed E-state index contributed by atoms with van der Waals surface area (Å²) in [4.78, 5) is 2.42. The molecule has 1 atom stereocenters. The third kappa shape index (κ3) is 4.27. The maximum atomic E-state index is 6.33. The molecule has 2 N–H and O–H groups in total. The summed E-state index contributed by atoms with van der Waals surface area (Å²) in [5, 5.41) is 0.766. The van der Waals surface area contributed by atoms with Gasteiger partial charge < -0.3 is 5.73 Å². The Morgan fingerprint density at radius 2 is 1.80 bits per heavy atom. The Kier molecular flexibility index (Phi) is 5.96. The molecule has 1 nitrogen and oxygen atoms in total. The average Bonchev–Trinajstić information content (AvgIpc) is 2.48. The summed E-state index contributed by atoms with van der Waals surface area (Å²) in [6, 6.07) is 16.4. The van der Waals surface area contributed by atoms with Crippen molar-refractivity contribution in [3.05, 3.63) is 59.1 Å². The predicted octanol–water partition coefficient (Wildman–Crippen LogP) is 5.68. The molecule has 2 rings (SSSR count). The number of rotatable bonds is 6. The fraction of sp³-hybridized carbons (Fsp3) is 0.294. The zero-order valence-corrected chi connectivity index (χ0v) is 13.3. The Labute approximate surface area is 130 Å². The second-order valence-corrected chi connectivity index (χ2v) is 6.39. The van der Waals surface area contributed by atoms with Crippen molar-refractivity contribution in [3.8, 4) is 0 Å². The second kappa shape index (κ2) is 7.72. The highest BCUT2D eigenvalue weighted by Crippen LogP contribution is 2.34. The van der Waals surface area contributed by atoms with Crippen LogP contribution in [0.2, 0.25) is 5.02 Å². The Balaban J connectivity index is 2.17. The van der Waals surface area contributed by atoms with Crippen LogP contribution in [-0.4, -0.2) is 0 Å². The summed E-state index contributed by atoms with van der Waals surface area (Å²) in [7, 11) is 0. The molecule has 0 fully saturated rings. The summed E-state index contributed by atoms with van der Waals surface area (Å²) >= 11 is 7.67. The van der Waals surface area contributed by atoms with Crippen LogP contribution in [0.5, 0.6) is 0 Å². The third-order valence-electron chi connectivity index (χ3n) is 3.23. The molecule has 2 aromatic carbocycles. The monoisotopic (exact) mass is 305 g/mol. The van der Waals surface area contributed by atoms with Crippen molar-refractivity contribution < 1.29 is 0 Å². The molecule has 0 aliphatic rings. The normalized spacial score (nSPS) is 12.3. The first-order valence-electron chi connectivity index (χ1n) is 6.98. The van der Waals surface area contributed by atoms with Crippen LogP contribution in [0.3, 0.4) is 0 Å². The molecule has 0 aliphatic heterocycles. The summed E-state index contributed by atoms with van der Waals surface area (Å²) in [6.45, 7) is 2.20. The van der Waals surface area contributed by atoms with E-state index in [1.807, 2.05) is 24.3 Å². The maximum Gasteiger partial charge on any atom is 0.0406 e. The molecule has 2 aromatic rings. The number of hydrogen-bond acceptors (Lipinski definition) is 2. The van der Waals surface area contributed by atoms with Crippen LogP contribution in [0.1, 0.15) is 37.8 Å². The highest BCUT2D eigenvalue weighted by Gasteiger charge is 2.11. The highest BCUT2D eigenvalue weighted by molar-refractivity contribution is 7.99. The van der Waals surface area contributed by atoms with E-state index >= 15 is 0 Å². The molecule has 0 radical (unpaired) electrons. The molecule has 0 heterocycles. The van der Waals surface area contributed by atoms with Gasteiger partial charge in [-0.3, -0.25) is 0 Å². The zero-order chi connectivity index (χ0) is 14.4. The lowest BCUT2D eigenvalue weighted by Crippen LogP contribution is -2.11. The van der Waals surface area contributed by atoms with Crippen LogP contribution >= 0.6 is 23.4 Å². The van der Waals surface area contributed by atoms with Crippen molar-refractivity contribution in [3.63, 3.8) is 0 Å². The molecule has 0 saturated heterocycles. The van der Waals surface area contributed by atoms with Crippen LogP contribution in [0.25, 0.3) is 0 Å². The molecule has 0 amide bonds. The van der Waals surface area contributed by atoms with Crippen molar-refractivity contribution in [2.75, 3.05) is 0 Å². The van der Waals surface area contributed by atoms with Gasteiger partial charge in [0.2, 0.25) is 0 Å². The minimum absolute atomic E-state index is 0.117. The Hall–Kier alpha value is -0.960. The molecule has 0 aromatic heterocycles. The second-order valence-electron chi connectivity index (χ2n) is 4.84. The van der Waals surface area contributed by atoms with E-state index in [0.717, 1.165) is 11.4 Å². The first kappa shape index (κ1) is 15.4. The summed E-state index contributed by atoms with van der Waals surface area (Å²) in [5.74, 6) is 0. The molecule has 0 bridgehead atoms. The Morgan fingerprint density at radius 3 is 2.50 bits per heavy atom. The molecule has 0 spiro atoms. The first-order chi connectivity index (χ1) is 9.70. The van der Waals surface area contributed by atoms with Gasteiger partial charge in [-0.25, -0.2) is 0 Å². The van der Waals surface area contributed by atoms with Crippen molar-refractivity contribution in [2.45, 2.75) is 42.0 Å². The zero-order valence-electron chi connectivity index (χ0n) is 11.7. The van der Waals surface area contributed by atoms with Gasteiger partial charge in [-0.15, -0.1) is 0 Å². The molecule has 3 heteroatoms. The van der Waals surface area contributed by atoms with E-state index in [4.69, 9.17) is 17.3 Å². The predicted molar refractivity (Wildman–Crippen MR) is 88.5 cm³/mol. The standard InChI is InChI=1S/C17H20ClNS/c1-2-3-7-16(19)15-6-4-5-8-17(15)20-14-11-9-13(18)10-12-14/h4-6,8-12,16H,2-3,7,19H2,1H3/t16-/m1/s1. The van der Waals surface area contributed by atoms with E-state index in [9.17, 15) is 0 Å². The number of unbranched alkanes of at least 4 members (excludes halogenated alkanes) is 1. The van der Waals surface area contributed by atoms with Gasteiger partial charge in [-0.1, -0.05) is 61.3 Å². The van der Waals surface area contributed by atoms with Gasteiger partial charge in [-0.05, 0) is 42.3 Å². The molecule has 20 heavy (non-hydrogen) atoms. The third-order valence-corrected chi connectivity index (χ3v) is 4.58. The lowest BCUT2D eigenvalue weighted by Gasteiger charge is -2.16. The maximum absolute atomic E-state index is 6.33. The largest absolute Gasteiger partial charge is 0.324 e. The fourth-order valence-electron chi connectivity index (χ4n) is 2.09. The molecular weight excluding hydrogens is 286 g/mol. The first-order valence-corrected chi connectivity index (χ1v) is 8.18. The minimum atomic E-state index is 0.117. The van der Waals surface area contributed by atoms with Crippen molar-refractivity contribution in [2.24, 2.45) is 5.73 Å². The lowest BCUT2D eigenvalue weighted by molar-refractivity contribution is 0.596. The lowest BCUT2D eigenvalue weighted by atomic mass is 10.0. The number of halogens is 1. The summed E-state index contributed by atoms with van der Waals surface area (Å²) < 4.78 is 0. The number of nitrogens with two attached hydrogens (primary N) is 1. The van der Waals surface area contributed by atoms with E-state index in [0.29, 0.717) is 0 Å². The summed E-state index contributed by atoms with van der Waals surface area (Å²) in [5.41, 5.74) is 7.56. The van der Waals surface area contributed by atoms with E-state index in [1.54, 1.807) is 11.8 Å². The molecule has 0 aliphatic carbocycles. The van der Waals surface area contributed by atoms with Gasteiger partial charge in [0.1, 0.15) is 0 Å². The topological polar surface area (TPSA) is 26.0 Å². The van der Waals surface area contributed by atoms with Gasteiger partial charge >= 0.3 is 0 Å². The van der Waals surface area contributed by atoms with Crippen LogP contribution < -0.4 is 5.73 Å². The van der Waals surface area contributed by atoms with Crippen molar-refractivity contribution in [1.29, 1.82) is 0 Å². The van der Waals surface area contributed by atoms with Crippen molar-refractivity contribution >= 4 is 23.4 Å². The van der Waals surface area contributed by atoms with Gasteiger partial charge in [0.05, 0.1) is 0 Å². The minimum Gasteiger partial charge on any atom is -0.324 e. The van der Waals surface area contributed by atoms with E-state index in [-0.39, 0.29) is 6.04 Å². The van der Waals surface area contributed by atoms with Gasteiger partial charge in [-0.2, -0.15) is 0 Å². The van der Waals surface area contributed by atoms with Crippen LogP contribution in [0, 0.1) is 0 Å².